The number of thiol groups is 1. The van der Waals surface area contributed by atoms with Gasteiger partial charge < -0.3 is 9.47 Å². The van der Waals surface area contributed by atoms with Gasteiger partial charge in [-0.15, -0.1) is 12.6 Å². The number of benzene rings is 1. The van der Waals surface area contributed by atoms with E-state index in [9.17, 15) is 14.9 Å². The maximum Gasteiger partial charge on any atom is 0.345 e. The Hall–Kier alpha value is -1.76. The Bertz CT molecular complexity index is 434. The summed E-state index contributed by atoms with van der Waals surface area (Å²) in [5.41, 5.74) is -0.466. The highest BCUT2D eigenvalue weighted by Crippen LogP contribution is 2.17. The molecule has 0 fully saturated rings. The van der Waals surface area contributed by atoms with Gasteiger partial charge in [-0.3, -0.25) is 10.1 Å². The fraction of sp³-hybridized carbons (Fsp3) is 0.417. The van der Waals surface area contributed by atoms with E-state index in [0.29, 0.717) is 12.2 Å². The van der Waals surface area contributed by atoms with Crippen molar-refractivity contribution in [3.8, 4) is 5.75 Å². The molecule has 0 aliphatic carbocycles. The molecule has 1 aromatic carbocycles. The van der Waals surface area contributed by atoms with E-state index in [0.717, 1.165) is 6.42 Å². The van der Waals surface area contributed by atoms with Gasteiger partial charge in [0, 0.05) is 12.1 Å². The molecule has 0 saturated carbocycles. The van der Waals surface area contributed by atoms with E-state index in [1.54, 1.807) is 0 Å². The van der Waals surface area contributed by atoms with Crippen molar-refractivity contribution in [2.24, 2.45) is 0 Å². The van der Waals surface area contributed by atoms with Crippen LogP contribution in [-0.4, -0.2) is 22.9 Å². The lowest BCUT2D eigenvalue weighted by molar-refractivity contribution is -0.384. The Balaban J connectivity index is 2.39. The van der Waals surface area contributed by atoms with Gasteiger partial charge in [0.25, 0.3) is 5.69 Å². The first-order chi connectivity index (χ1) is 9.02. The number of non-ortho nitro benzene ring substituents is 1. The van der Waals surface area contributed by atoms with Gasteiger partial charge in [-0.05, 0) is 18.6 Å². The molecular formula is C12H15NO5S. The largest absolute Gasteiger partial charge is 0.482 e. The summed E-state index contributed by atoms with van der Waals surface area (Å²) >= 11 is 4.09. The number of ether oxygens (including phenoxy) is 2. The van der Waals surface area contributed by atoms with Gasteiger partial charge in [0.1, 0.15) is 11.2 Å². The molecule has 1 rings (SSSR count). The number of carbonyl (C=O) groups is 1. The monoisotopic (exact) mass is 285 g/mol. The molecule has 0 amide bonds. The summed E-state index contributed by atoms with van der Waals surface area (Å²) in [4.78, 5) is 21.3. The maximum absolute atomic E-state index is 11.4. The summed E-state index contributed by atoms with van der Waals surface area (Å²) in [6.45, 7) is 1.71. The van der Waals surface area contributed by atoms with Crippen molar-refractivity contribution < 1.29 is 19.2 Å². The van der Waals surface area contributed by atoms with E-state index >= 15 is 0 Å². The van der Waals surface area contributed by atoms with Crippen molar-refractivity contribution in [3.63, 3.8) is 0 Å². The minimum atomic E-state index is -0.521. The lowest BCUT2D eigenvalue weighted by Crippen LogP contribution is -2.19. The molecule has 0 saturated heterocycles. The molecule has 1 atom stereocenters. The molecular weight excluding hydrogens is 270 g/mol. The number of nitro groups is 1. The van der Waals surface area contributed by atoms with Gasteiger partial charge in [-0.2, -0.15) is 0 Å². The number of hydrogen-bond donors (Lipinski definition) is 1. The van der Waals surface area contributed by atoms with Gasteiger partial charge in [-0.25, -0.2) is 4.79 Å². The minimum Gasteiger partial charge on any atom is -0.482 e. The van der Waals surface area contributed by atoms with Crippen LogP contribution in [0.3, 0.4) is 0 Å². The molecule has 0 heterocycles. The lowest BCUT2D eigenvalue weighted by atomic mass is 10.3. The number of esters is 1. The lowest BCUT2D eigenvalue weighted by Gasteiger charge is -2.11. The van der Waals surface area contributed by atoms with Crippen LogP contribution in [0.15, 0.2) is 24.3 Å². The topological polar surface area (TPSA) is 78.7 Å². The average molecular weight is 285 g/mol. The minimum absolute atomic E-state index is 0.0340. The molecule has 1 unspecified atom stereocenters. The highest BCUT2D eigenvalue weighted by Gasteiger charge is 2.10. The van der Waals surface area contributed by atoms with Crippen LogP contribution in [0.1, 0.15) is 19.8 Å². The third kappa shape index (κ3) is 5.60. The summed E-state index contributed by atoms with van der Waals surface area (Å²) in [7, 11) is 0. The summed E-state index contributed by atoms with van der Waals surface area (Å²) in [6, 6.07) is 5.46. The molecule has 0 bridgehead atoms. The number of nitrogens with zero attached hydrogens (tertiary/aromatic N) is 1. The van der Waals surface area contributed by atoms with Crippen LogP contribution >= 0.6 is 12.6 Å². The molecule has 7 heteroatoms. The van der Waals surface area contributed by atoms with E-state index in [2.05, 4.69) is 12.6 Å². The van der Waals surface area contributed by atoms with E-state index < -0.39 is 16.3 Å². The Kier molecular flexibility index (Phi) is 6.14. The van der Waals surface area contributed by atoms with Crippen molar-refractivity contribution in [2.75, 3.05) is 6.61 Å². The second-order valence-corrected chi connectivity index (χ2v) is 4.35. The Morgan fingerprint density at radius 2 is 2.05 bits per heavy atom. The summed E-state index contributed by atoms with van der Waals surface area (Å²) in [5.74, 6) is -0.152. The first kappa shape index (κ1) is 15.3. The summed E-state index contributed by atoms with van der Waals surface area (Å²) < 4.78 is 10.1. The Morgan fingerprint density at radius 3 is 2.58 bits per heavy atom. The van der Waals surface area contributed by atoms with Crippen LogP contribution < -0.4 is 4.74 Å². The van der Waals surface area contributed by atoms with Crippen LogP contribution in [0.2, 0.25) is 0 Å². The van der Waals surface area contributed by atoms with Crippen LogP contribution in [-0.2, 0) is 9.53 Å². The van der Waals surface area contributed by atoms with Gasteiger partial charge in [-0.1, -0.05) is 13.3 Å². The smallest absolute Gasteiger partial charge is 0.345 e. The molecule has 104 valence electrons. The van der Waals surface area contributed by atoms with Crippen molar-refractivity contribution in [1.82, 2.24) is 0 Å². The molecule has 1 aromatic rings. The van der Waals surface area contributed by atoms with Gasteiger partial charge in [0.2, 0.25) is 0 Å². The Labute approximate surface area is 116 Å². The molecule has 19 heavy (non-hydrogen) atoms. The molecule has 0 aromatic heterocycles. The number of carbonyl (C=O) groups excluding carboxylic acids is 1. The van der Waals surface area contributed by atoms with Crippen LogP contribution in [0.4, 0.5) is 5.69 Å². The molecule has 0 radical (unpaired) electrons. The maximum atomic E-state index is 11.4. The fourth-order valence-corrected chi connectivity index (χ4v) is 1.67. The zero-order chi connectivity index (χ0) is 14.3. The SMILES string of the molecule is CCCC(S)OC(=O)COc1ccc([N+](=O)[O-])cc1. The average Bonchev–Trinajstić information content (AvgIpc) is 2.37. The predicted octanol–water partition coefficient (Wildman–Crippen LogP) is 2.57. The Morgan fingerprint density at radius 1 is 1.42 bits per heavy atom. The number of hydrogen-bond acceptors (Lipinski definition) is 6. The first-order valence-electron chi connectivity index (χ1n) is 5.77. The van der Waals surface area contributed by atoms with Crippen molar-refractivity contribution >= 4 is 24.3 Å². The molecule has 0 spiro atoms. The summed E-state index contributed by atoms with van der Waals surface area (Å²) in [6.07, 6.45) is 1.54. The van der Waals surface area contributed by atoms with Gasteiger partial charge >= 0.3 is 5.97 Å². The van der Waals surface area contributed by atoms with E-state index in [1.807, 2.05) is 6.92 Å². The molecule has 0 N–H and O–H groups in total. The van der Waals surface area contributed by atoms with E-state index in [4.69, 9.17) is 9.47 Å². The molecule has 6 nitrogen and oxygen atoms in total. The molecule has 0 aliphatic heterocycles. The fourth-order valence-electron chi connectivity index (χ4n) is 1.30. The highest BCUT2D eigenvalue weighted by molar-refractivity contribution is 7.80. The first-order valence-corrected chi connectivity index (χ1v) is 6.29. The van der Waals surface area contributed by atoms with Gasteiger partial charge in [0.15, 0.2) is 6.61 Å². The van der Waals surface area contributed by atoms with Crippen LogP contribution in [0, 0.1) is 10.1 Å². The van der Waals surface area contributed by atoms with E-state index in [-0.39, 0.29) is 12.3 Å². The quantitative estimate of drug-likeness (QED) is 0.274. The highest BCUT2D eigenvalue weighted by atomic mass is 32.1. The van der Waals surface area contributed by atoms with Crippen molar-refractivity contribution in [2.45, 2.75) is 25.2 Å². The van der Waals surface area contributed by atoms with Crippen LogP contribution in [0.5, 0.6) is 5.75 Å². The summed E-state index contributed by atoms with van der Waals surface area (Å²) in [5, 5.41) is 10.4. The zero-order valence-corrected chi connectivity index (χ0v) is 11.3. The van der Waals surface area contributed by atoms with Gasteiger partial charge in [0.05, 0.1) is 4.92 Å². The standard InChI is InChI=1S/C12H15NO5S/c1-2-3-12(19)18-11(14)8-17-10-6-4-9(5-7-10)13(15)16/h4-7,12,19H,2-3,8H2,1H3. The van der Waals surface area contributed by atoms with E-state index in [1.165, 1.54) is 24.3 Å². The van der Waals surface area contributed by atoms with Crippen LogP contribution in [0.25, 0.3) is 0 Å². The third-order valence-corrected chi connectivity index (χ3v) is 2.57. The molecule has 0 aliphatic rings. The third-order valence-electron chi connectivity index (χ3n) is 2.21. The predicted molar refractivity (Wildman–Crippen MR) is 72.4 cm³/mol. The van der Waals surface area contributed by atoms with Crippen molar-refractivity contribution in [3.05, 3.63) is 34.4 Å². The second kappa shape index (κ2) is 7.63. The normalized spacial score (nSPS) is 11.7. The zero-order valence-electron chi connectivity index (χ0n) is 10.4. The second-order valence-electron chi connectivity index (χ2n) is 3.77. The number of rotatable bonds is 7. The number of nitro benzene ring substituents is 1. The van der Waals surface area contributed by atoms with Crippen molar-refractivity contribution in [1.29, 1.82) is 0 Å².